The van der Waals surface area contributed by atoms with Crippen LogP contribution in [0.25, 0.3) is 0 Å². The Morgan fingerprint density at radius 3 is 2.65 bits per heavy atom. The summed E-state index contributed by atoms with van der Waals surface area (Å²) in [6.45, 7) is 1.56. The molecule has 1 atom stereocenters. The maximum absolute atomic E-state index is 11.9. The Morgan fingerprint density at radius 1 is 1.25 bits per heavy atom. The van der Waals surface area contributed by atoms with Crippen LogP contribution in [0.4, 0.5) is 4.79 Å². The number of ether oxygens (including phenoxy) is 1. The number of rotatable bonds is 4. The number of nitrogens with one attached hydrogen (secondary N) is 2. The maximum atomic E-state index is 11.9. The summed E-state index contributed by atoms with van der Waals surface area (Å²) in [6, 6.07) is 8.58. The van der Waals surface area contributed by atoms with E-state index in [-0.39, 0.29) is 12.1 Å². The molecule has 1 saturated heterocycles. The van der Waals surface area contributed by atoms with Crippen LogP contribution in [-0.2, 0) is 17.6 Å². The molecule has 3 rings (SSSR count). The van der Waals surface area contributed by atoms with Crippen LogP contribution in [0, 0.1) is 0 Å². The van der Waals surface area contributed by atoms with E-state index in [1.165, 1.54) is 11.1 Å². The van der Waals surface area contributed by atoms with Crippen LogP contribution in [0.15, 0.2) is 24.3 Å². The molecule has 0 saturated carbocycles. The van der Waals surface area contributed by atoms with Crippen LogP contribution in [0.5, 0.6) is 0 Å². The van der Waals surface area contributed by atoms with E-state index in [1.54, 1.807) is 0 Å². The number of hydrogen-bond acceptors (Lipinski definition) is 2. The predicted molar refractivity (Wildman–Crippen MR) is 77.8 cm³/mol. The van der Waals surface area contributed by atoms with E-state index in [2.05, 4.69) is 34.9 Å². The van der Waals surface area contributed by atoms with E-state index in [0.29, 0.717) is 12.6 Å². The normalized spacial score (nSPS) is 21.7. The third-order valence-electron chi connectivity index (χ3n) is 4.16. The topological polar surface area (TPSA) is 50.4 Å². The molecule has 0 spiro atoms. The molecular formula is C16H22N2O2. The molecule has 4 heteroatoms. The zero-order valence-electron chi connectivity index (χ0n) is 11.7. The Labute approximate surface area is 119 Å². The van der Waals surface area contributed by atoms with Gasteiger partial charge in [0.15, 0.2) is 0 Å². The van der Waals surface area contributed by atoms with Gasteiger partial charge in [0.05, 0.1) is 6.10 Å². The highest BCUT2D eigenvalue weighted by Crippen LogP contribution is 2.21. The summed E-state index contributed by atoms with van der Waals surface area (Å²) in [5.41, 5.74) is 2.72. The number of carbonyl (C=O) groups is 1. The van der Waals surface area contributed by atoms with E-state index < -0.39 is 0 Å². The van der Waals surface area contributed by atoms with Gasteiger partial charge in [-0.05, 0) is 43.2 Å². The van der Waals surface area contributed by atoms with Gasteiger partial charge in [-0.15, -0.1) is 0 Å². The van der Waals surface area contributed by atoms with E-state index in [9.17, 15) is 4.79 Å². The third kappa shape index (κ3) is 3.31. The summed E-state index contributed by atoms with van der Waals surface area (Å²) in [7, 11) is 0. The number of carbonyl (C=O) groups excluding carboxylic acids is 1. The van der Waals surface area contributed by atoms with Gasteiger partial charge in [-0.1, -0.05) is 24.3 Å². The number of amides is 2. The minimum absolute atomic E-state index is 0.0548. The van der Waals surface area contributed by atoms with Gasteiger partial charge in [0.25, 0.3) is 0 Å². The van der Waals surface area contributed by atoms with Crippen LogP contribution in [0.2, 0.25) is 0 Å². The predicted octanol–water partition coefficient (Wildman–Crippen LogP) is 2.02. The van der Waals surface area contributed by atoms with Gasteiger partial charge in [-0.3, -0.25) is 0 Å². The fourth-order valence-electron chi connectivity index (χ4n) is 3.12. The summed E-state index contributed by atoms with van der Waals surface area (Å²) in [4.78, 5) is 11.9. The van der Waals surface area contributed by atoms with Crippen molar-refractivity contribution < 1.29 is 9.53 Å². The highest BCUT2D eigenvalue weighted by atomic mass is 16.5. The zero-order chi connectivity index (χ0) is 13.8. The molecule has 1 aliphatic heterocycles. The molecule has 1 heterocycles. The van der Waals surface area contributed by atoms with Crippen LogP contribution in [0.1, 0.15) is 30.4 Å². The summed E-state index contributed by atoms with van der Waals surface area (Å²) >= 11 is 0. The van der Waals surface area contributed by atoms with Crippen LogP contribution in [0.3, 0.4) is 0 Å². The quantitative estimate of drug-likeness (QED) is 0.882. The molecule has 2 amide bonds. The van der Waals surface area contributed by atoms with Crippen molar-refractivity contribution in [3.05, 3.63) is 35.4 Å². The smallest absolute Gasteiger partial charge is 0.315 e. The van der Waals surface area contributed by atoms with Crippen molar-refractivity contribution >= 4 is 6.03 Å². The van der Waals surface area contributed by atoms with Crippen molar-refractivity contribution in [1.82, 2.24) is 10.6 Å². The molecule has 2 N–H and O–H groups in total. The Kier molecular flexibility index (Phi) is 4.21. The Hall–Kier alpha value is -1.55. The lowest BCUT2D eigenvalue weighted by molar-refractivity contribution is 0.104. The first kappa shape index (κ1) is 13.4. The van der Waals surface area contributed by atoms with Crippen LogP contribution >= 0.6 is 0 Å². The van der Waals surface area contributed by atoms with Gasteiger partial charge in [-0.25, -0.2) is 4.79 Å². The second-order valence-corrected chi connectivity index (χ2v) is 5.70. The average molecular weight is 274 g/mol. The van der Waals surface area contributed by atoms with Gasteiger partial charge in [-0.2, -0.15) is 0 Å². The molecule has 20 heavy (non-hydrogen) atoms. The van der Waals surface area contributed by atoms with Crippen LogP contribution < -0.4 is 10.6 Å². The lowest BCUT2D eigenvalue weighted by Gasteiger charge is -2.14. The maximum Gasteiger partial charge on any atom is 0.315 e. The molecule has 4 nitrogen and oxygen atoms in total. The van der Waals surface area contributed by atoms with Gasteiger partial charge in [0.1, 0.15) is 0 Å². The third-order valence-corrected chi connectivity index (χ3v) is 4.16. The Bertz CT molecular complexity index is 444. The highest BCUT2D eigenvalue weighted by molar-refractivity contribution is 5.74. The summed E-state index contributed by atoms with van der Waals surface area (Å²) < 4.78 is 5.54. The molecule has 0 aromatic heterocycles. The van der Waals surface area contributed by atoms with Crippen molar-refractivity contribution in [2.75, 3.05) is 13.2 Å². The zero-order valence-corrected chi connectivity index (χ0v) is 11.7. The van der Waals surface area contributed by atoms with Gasteiger partial charge < -0.3 is 15.4 Å². The molecular weight excluding hydrogens is 252 g/mol. The minimum Gasteiger partial charge on any atom is -0.378 e. The Balaban J connectivity index is 1.37. The first-order valence-corrected chi connectivity index (χ1v) is 7.54. The van der Waals surface area contributed by atoms with Crippen LogP contribution in [-0.4, -0.2) is 31.3 Å². The van der Waals surface area contributed by atoms with E-state index in [0.717, 1.165) is 38.7 Å². The van der Waals surface area contributed by atoms with E-state index >= 15 is 0 Å². The van der Waals surface area contributed by atoms with Crippen molar-refractivity contribution in [3.8, 4) is 0 Å². The molecule has 0 radical (unpaired) electrons. The second kappa shape index (κ2) is 6.27. The lowest BCUT2D eigenvalue weighted by atomic mass is 10.1. The standard InChI is InChI=1S/C16H22N2O2/c19-16(17-8-7-15-6-3-9-20-15)18-14-10-12-4-1-2-5-13(12)11-14/h1-2,4-5,14-15H,3,6-11H2,(H2,17,18,19)/t15-/m1/s1. The van der Waals surface area contributed by atoms with Gasteiger partial charge in [0.2, 0.25) is 0 Å². The number of fused-ring (bicyclic) bond motifs is 1. The van der Waals surface area contributed by atoms with Crippen molar-refractivity contribution in [2.45, 2.75) is 44.2 Å². The first-order chi connectivity index (χ1) is 9.81. The summed E-state index contributed by atoms with van der Waals surface area (Å²) in [5.74, 6) is 0. The largest absolute Gasteiger partial charge is 0.378 e. The van der Waals surface area contributed by atoms with Crippen molar-refractivity contribution in [1.29, 1.82) is 0 Å². The molecule has 1 aromatic carbocycles. The molecule has 0 unspecified atom stereocenters. The molecule has 1 aliphatic carbocycles. The summed E-state index contributed by atoms with van der Waals surface area (Å²) in [5, 5.41) is 5.99. The van der Waals surface area contributed by atoms with E-state index in [4.69, 9.17) is 4.74 Å². The van der Waals surface area contributed by atoms with Gasteiger partial charge >= 0.3 is 6.03 Å². The molecule has 2 aliphatic rings. The molecule has 108 valence electrons. The lowest BCUT2D eigenvalue weighted by Crippen LogP contribution is -2.43. The van der Waals surface area contributed by atoms with Crippen molar-refractivity contribution in [3.63, 3.8) is 0 Å². The fourth-order valence-corrected chi connectivity index (χ4v) is 3.12. The van der Waals surface area contributed by atoms with Gasteiger partial charge in [0, 0.05) is 19.2 Å². The number of benzene rings is 1. The highest BCUT2D eigenvalue weighted by Gasteiger charge is 2.22. The first-order valence-electron chi connectivity index (χ1n) is 7.54. The summed E-state index contributed by atoms with van der Waals surface area (Å²) in [6.07, 6.45) is 5.41. The SMILES string of the molecule is O=C(NCC[C@H]1CCCO1)NC1Cc2ccccc2C1. The fraction of sp³-hybridized carbons (Fsp3) is 0.562. The molecule has 1 fully saturated rings. The van der Waals surface area contributed by atoms with E-state index in [1.807, 2.05) is 0 Å². The monoisotopic (exact) mass is 274 g/mol. The minimum atomic E-state index is -0.0548. The molecule has 0 bridgehead atoms. The molecule has 1 aromatic rings. The average Bonchev–Trinajstić information content (AvgIpc) is 3.06. The number of urea groups is 1. The number of hydrogen-bond donors (Lipinski definition) is 2. The van der Waals surface area contributed by atoms with Crippen molar-refractivity contribution in [2.24, 2.45) is 0 Å². The Morgan fingerprint density at radius 2 is 2.00 bits per heavy atom. The second-order valence-electron chi connectivity index (χ2n) is 5.70.